The smallest absolute Gasteiger partial charge is 0.229 e. The van der Waals surface area contributed by atoms with Crippen LogP contribution in [0.15, 0.2) is 30.5 Å². The van der Waals surface area contributed by atoms with Crippen LogP contribution in [-0.4, -0.2) is 59.0 Å². The minimum absolute atomic E-state index is 0.0564. The van der Waals surface area contributed by atoms with Crippen molar-refractivity contribution >= 4 is 17.5 Å². The van der Waals surface area contributed by atoms with Crippen LogP contribution in [-0.2, 0) is 16.1 Å². The Morgan fingerprint density at radius 3 is 2.87 bits per heavy atom. The molecule has 4 heterocycles. The fourth-order valence-corrected chi connectivity index (χ4v) is 4.82. The largest absolute Gasteiger partial charge is 0.399 e. The number of nitrogens with zero attached hydrogens (tertiary/aromatic N) is 3. The summed E-state index contributed by atoms with van der Waals surface area (Å²) < 4.78 is 1.92. The second-order valence-electron chi connectivity index (χ2n) is 8.43. The van der Waals surface area contributed by atoms with Gasteiger partial charge in [-0.25, -0.2) is 4.68 Å². The van der Waals surface area contributed by atoms with Gasteiger partial charge in [0.05, 0.1) is 31.7 Å². The van der Waals surface area contributed by atoms with E-state index in [1.807, 2.05) is 35.1 Å². The van der Waals surface area contributed by atoms with Crippen molar-refractivity contribution in [2.45, 2.75) is 32.4 Å². The predicted molar refractivity (Wildman–Crippen MR) is 112 cm³/mol. The molecule has 30 heavy (non-hydrogen) atoms. The quantitative estimate of drug-likeness (QED) is 0.346. The summed E-state index contributed by atoms with van der Waals surface area (Å²) in [6.45, 7) is 5.19. The summed E-state index contributed by atoms with van der Waals surface area (Å²) >= 11 is 0. The molecule has 9 nitrogen and oxygen atoms in total. The van der Waals surface area contributed by atoms with Crippen LogP contribution in [0.1, 0.15) is 19.8 Å². The van der Waals surface area contributed by atoms with E-state index in [1.165, 1.54) is 11.8 Å². The molecule has 160 valence electrons. The van der Waals surface area contributed by atoms with E-state index in [0.717, 1.165) is 43.7 Å². The number of carbonyl (C=O) groups is 2. The van der Waals surface area contributed by atoms with E-state index in [9.17, 15) is 9.59 Å². The number of nitrogens with one attached hydrogen (secondary N) is 3. The maximum Gasteiger partial charge on any atom is 0.229 e. The molecule has 1 unspecified atom stereocenters. The molecule has 3 aliphatic heterocycles. The van der Waals surface area contributed by atoms with E-state index in [4.69, 9.17) is 5.73 Å². The monoisotopic (exact) mass is 412 g/mol. The number of aromatic nitrogens is 3. The van der Waals surface area contributed by atoms with Gasteiger partial charge in [0.2, 0.25) is 11.8 Å². The Bertz CT molecular complexity index is 912. The third-order valence-corrected chi connectivity index (χ3v) is 6.32. The van der Waals surface area contributed by atoms with Crippen molar-refractivity contribution < 1.29 is 14.5 Å². The minimum atomic E-state index is -0.0774. The lowest BCUT2D eigenvalue weighted by Crippen LogP contribution is -3.20. The first-order valence-corrected chi connectivity index (χ1v) is 10.6. The van der Waals surface area contributed by atoms with E-state index in [-0.39, 0.29) is 17.7 Å². The highest BCUT2D eigenvalue weighted by molar-refractivity contribution is 5.79. The number of amides is 2. The van der Waals surface area contributed by atoms with Crippen LogP contribution >= 0.6 is 0 Å². The van der Waals surface area contributed by atoms with Crippen LogP contribution in [0.25, 0.3) is 11.3 Å². The molecule has 1 aromatic heterocycles. The Morgan fingerprint density at radius 1 is 1.30 bits per heavy atom. The zero-order valence-corrected chi connectivity index (χ0v) is 17.3. The molecule has 5 rings (SSSR count). The molecule has 2 bridgehead atoms. The molecule has 0 aliphatic carbocycles. The molecular weight excluding hydrogens is 382 g/mol. The van der Waals surface area contributed by atoms with Gasteiger partial charge in [0.1, 0.15) is 11.7 Å². The number of piperidine rings is 3. The van der Waals surface area contributed by atoms with Crippen LogP contribution < -0.4 is 21.3 Å². The number of benzene rings is 1. The van der Waals surface area contributed by atoms with Gasteiger partial charge in [-0.05, 0) is 18.1 Å². The zero-order chi connectivity index (χ0) is 21.1. The van der Waals surface area contributed by atoms with Crippen molar-refractivity contribution in [2.24, 2.45) is 11.8 Å². The van der Waals surface area contributed by atoms with Crippen LogP contribution in [0.3, 0.4) is 0 Å². The van der Waals surface area contributed by atoms with Gasteiger partial charge in [-0.15, -0.1) is 5.10 Å². The number of fused-ring (bicyclic) bond motifs is 3. The lowest BCUT2D eigenvalue weighted by atomic mass is 9.75. The number of hydrogen-bond acceptors (Lipinski definition) is 5. The standard InChI is InChI=1S/C21H29N7O2/c1-14(29)23-6-7-24-21(30)19-12-27-8-5-15(19)10-18(27)11-28-13-20(25-26-28)16-3-2-4-17(22)9-16/h2-4,9,13,15,18-19H,5-8,10-12,22H2,1H3,(H,23,29)(H,24,30)/p+1/t15-,18-,19+/m1/s1. The molecule has 4 atom stereocenters. The molecule has 0 spiro atoms. The molecule has 9 heteroatoms. The molecular formula is C21H30N7O2+. The van der Waals surface area contributed by atoms with Crippen molar-refractivity contribution in [1.29, 1.82) is 0 Å². The molecule has 2 amide bonds. The second kappa shape index (κ2) is 8.83. The minimum Gasteiger partial charge on any atom is -0.399 e. The van der Waals surface area contributed by atoms with Crippen molar-refractivity contribution in [2.75, 3.05) is 31.9 Å². The van der Waals surface area contributed by atoms with Gasteiger partial charge in [-0.2, -0.15) is 0 Å². The lowest BCUT2D eigenvalue weighted by molar-refractivity contribution is -0.945. The number of nitrogen functional groups attached to an aromatic ring is 1. The summed E-state index contributed by atoms with van der Waals surface area (Å²) in [6, 6.07) is 8.11. The summed E-state index contributed by atoms with van der Waals surface area (Å²) in [7, 11) is 0. The summed E-state index contributed by atoms with van der Waals surface area (Å²) in [6.07, 6.45) is 4.08. The Balaban J connectivity index is 1.32. The van der Waals surface area contributed by atoms with Crippen LogP contribution in [0.4, 0.5) is 5.69 Å². The fourth-order valence-electron chi connectivity index (χ4n) is 4.82. The second-order valence-corrected chi connectivity index (χ2v) is 8.43. The predicted octanol–water partition coefficient (Wildman–Crippen LogP) is -0.927. The number of rotatable bonds is 7. The summed E-state index contributed by atoms with van der Waals surface area (Å²) in [5.41, 5.74) is 8.38. The maximum absolute atomic E-state index is 12.6. The summed E-state index contributed by atoms with van der Waals surface area (Å²) in [5.74, 6) is 0.503. The topological polar surface area (TPSA) is 119 Å². The summed E-state index contributed by atoms with van der Waals surface area (Å²) in [4.78, 5) is 25.0. The molecule has 3 saturated heterocycles. The van der Waals surface area contributed by atoms with E-state index in [0.29, 0.717) is 30.7 Å². The number of nitrogens with two attached hydrogens (primary N) is 1. The van der Waals surface area contributed by atoms with Gasteiger partial charge in [0.15, 0.2) is 0 Å². The van der Waals surface area contributed by atoms with Gasteiger partial charge in [-0.1, -0.05) is 17.3 Å². The van der Waals surface area contributed by atoms with Gasteiger partial charge in [-0.3, -0.25) is 9.59 Å². The van der Waals surface area contributed by atoms with Gasteiger partial charge in [0.25, 0.3) is 0 Å². The van der Waals surface area contributed by atoms with Crippen molar-refractivity contribution in [3.8, 4) is 11.3 Å². The lowest BCUT2D eigenvalue weighted by Gasteiger charge is -2.46. The molecule has 3 aliphatic rings. The van der Waals surface area contributed by atoms with Gasteiger partial charge >= 0.3 is 0 Å². The van der Waals surface area contributed by atoms with E-state index < -0.39 is 0 Å². The Hall–Kier alpha value is -2.94. The number of hydrogen-bond donors (Lipinski definition) is 4. The van der Waals surface area contributed by atoms with Crippen LogP contribution in [0.5, 0.6) is 0 Å². The SMILES string of the molecule is CC(=O)NCCNC(=O)[C@H]1C[NH+]2CC[C@@H]1C[C@@H]2Cn1cc(-c2cccc(N)c2)nn1. The third-order valence-electron chi connectivity index (χ3n) is 6.32. The third kappa shape index (κ3) is 4.62. The van der Waals surface area contributed by atoms with Gasteiger partial charge in [0, 0.05) is 44.1 Å². The van der Waals surface area contributed by atoms with Crippen molar-refractivity contribution in [1.82, 2.24) is 25.6 Å². The first kappa shape index (κ1) is 20.3. The van der Waals surface area contributed by atoms with Gasteiger partial charge < -0.3 is 21.3 Å². The Labute approximate surface area is 176 Å². The van der Waals surface area contributed by atoms with E-state index in [2.05, 4.69) is 20.9 Å². The molecule has 5 N–H and O–H groups in total. The average Bonchev–Trinajstić information content (AvgIpc) is 3.20. The number of quaternary nitrogens is 1. The maximum atomic E-state index is 12.6. The highest BCUT2D eigenvalue weighted by Crippen LogP contribution is 2.28. The van der Waals surface area contributed by atoms with Crippen molar-refractivity contribution in [3.63, 3.8) is 0 Å². The zero-order valence-electron chi connectivity index (χ0n) is 17.3. The van der Waals surface area contributed by atoms with E-state index >= 15 is 0 Å². The van der Waals surface area contributed by atoms with Crippen molar-refractivity contribution in [3.05, 3.63) is 30.5 Å². The number of anilines is 1. The highest BCUT2D eigenvalue weighted by Gasteiger charge is 2.46. The molecule has 2 aromatic rings. The average molecular weight is 413 g/mol. The summed E-state index contributed by atoms with van der Waals surface area (Å²) in [5, 5.41) is 14.3. The van der Waals surface area contributed by atoms with Crippen LogP contribution in [0.2, 0.25) is 0 Å². The first-order valence-electron chi connectivity index (χ1n) is 10.6. The molecule has 3 fully saturated rings. The highest BCUT2D eigenvalue weighted by atomic mass is 16.2. The van der Waals surface area contributed by atoms with Crippen LogP contribution in [0, 0.1) is 11.8 Å². The Kier molecular flexibility index (Phi) is 5.98. The van der Waals surface area contributed by atoms with E-state index in [1.54, 1.807) is 0 Å². The fraction of sp³-hybridized carbons (Fsp3) is 0.524. The first-order chi connectivity index (χ1) is 14.5. The normalized spacial score (nSPS) is 25.1. The molecule has 0 saturated carbocycles. The molecule has 0 radical (unpaired) electrons. The Morgan fingerprint density at radius 2 is 2.13 bits per heavy atom. The number of carbonyl (C=O) groups excluding carboxylic acids is 2. The molecule has 1 aromatic carbocycles.